The van der Waals surface area contributed by atoms with Crippen LogP contribution in [0.5, 0.6) is 5.75 Å². The predicted octanol–water partition coefficient (Wildman–Crippen LogP) is 7.90. The molecule has 0 bridgehead atoms. The van der Waals surface area contributed by atoms with Crippen molar-refractivity contribution in [3.63, 3.8) is 0 Å². The van der Waals surface area contributed by atoms with Gasteiger partial charge in [-0.25, -0.2) is 14.2 Å². The van der Waals surface area contributed by atoms with Crippen LogP contribution in [0.25, 0.3) is 22.4 Å². The molecule has 0 saturated heterocycles. The molecule has 0 atom stereocenters. The number of carbonyl (C=O) groups excluding carboxylic acids is 1. The summed E-state index contributed by atoms with van der Waals surface area (Å²) < 4.78 is 20.2. The maximum Gasteiger partial charge on any atom is 0.503 e. The summed E-state index contributed by atoms with van der Waals surface area (Å²) in [6.07, 6.45) is 4.38. The van der Waals surface area contributed by atoms with E-state index in [1.165, 1.54) is 24.6 Å². The molecule has 12 heteroatoms. The number of aromatic nitrogens is 1. The minimum absolute atomic E-state index is 0. The molecule has 228 valence electrons. The zero-order valence-corrected chi connectivity index (χ0v) is 25.7. The number of amides is 1. The van der Waals surface area contributed by atoms with E-state index in [9.17, 15) is 9.18 Å². The fraction of sp³-hybridized carbons (Fsp3) is 0.367. The summed E-state index contributed by atoms with van der Waals surface area (Å²) in [7, 11) is 4.02. The number of carboxylic acid groups (broad SMARTS) is 2. The molecule has 1 fully saturated rings. The molecule has 2 aromatic carbocycles. The van der Waals surface area contributed by atoms with Gasteiger partial charge in [-0.1, -0.05) is 48.5 Å². The molecule has 1 aliphatic carbocycles. The van der Waals surface area contributed by atoms with Crippen LogP contribution in [0.15, 0.2) is 48.5 Å². The smallest absolute Gasteiger partial charge is 0.492 e. The molecule has 8 nitrogen and oxygen atoms in total. The van der Waals surface area contributed by atoms with Crippen molar-refractivity contribution >= 4 is 47.7 Å². The first-order chi connectivity index (χ1) is 19.5. The first-order valence-corrected chi connectivity index (χ1v) is 14.1. The van der Waals surface area contributed by atoms with Gasteiger partial charge in [0.2, 0.25) is 0 Å². The number of halogens is 4. The molecule has 1 aromatic heterocycles. The summed E-state index contributed by atoms with van der Waals surface area (Å²) in [6, 6.07) is 13.1. The van der Waals surface area contributed by atoms with Crippen molar-refractivity contribution in [1.29, 1.82) is 0 Å². The number of nitrogens with zero attached hydrogens (tertiary/aromatic N) is 2. The molecule has 3 aromatic rings. The zero-order chi connectivity index (χ0) is 29.9. The second kappa shape index (κ2) is 17.1. The topological polar surface area (TPSA) is 112 Å². The molecule has 1 heterocycles. The Morgan fingerprint density at radius 3 is 2.33 bits per heavy atom. The number of benzene rings is 2. The van der Waals surface area contributed by atoms with Gasteiger partial charge in [0.05, 0.1) is 17.3 Å². The van der Waals surface area contributed by atoms with Gasteiger partial charge < -0.3 is 25.2 Å². The number of hydrogen-bond acceptors (Lipinski definition) is 5. The van der Waals surface area contributed by atoms with E-state index in [4.69, 9.17) is 47.9 Å². The highest BCUT2D eigenvalue weighted by molar-refractivity contribution is 6.33. The average molecular weight is 643 g/mol. The van der Waals surface area contributed by atoms with Gasteiger partial charge in [0, 0.05) is 34.3 Å². The predicted molar refractivity (Wildman–Crippen MR) is 166 cm³/mol. The van der Waals surface area contributed by atoms with Crippen LogP contribution in [-0.2, 0) is 0 Å². The van der Waals surface area contributed by atoms with Crippen molar-refractivity contribution in [2.75, 3.05) is 27.2 Å². The van der Waals surface area contributed by atoms with Crippen LogP contribution in [0.4, 0.5) is 9.18 Å². The van der Waals surface area contributed by atoms with Crippen molar-refractivity contribution in [2.24, 2.45) is 0 Å². The highest BCUT2D eigenvalue weighted by Gasteiger charge is 2.21. The molecule has 0 radical (unpaired) electrons. The van der Waals surface area contributed by atoms with Crippen molar-refractivity contribution in [3.05, 3.63) is 70.1 Å². The molecular formula is C30H35Cl3FN3O5. The third-order valence-electron chi connectivity index (χ3n) is 6.50. The Kier molecular flexibility index (Phi) is 14.3. The molecule has 0 unspecified atom stereocenters. The van der Waals surface area contributed by atoms with Crippen LogP contribution < -0.4 is 10.1 Å². The van der Waals surface area contributed by atoms with E-state index in [1.807, 2.05) is 20.2 Å². The Hall–Kier alpha value is -3.11. The molecule has 4 rings (SSSR count). The van der Waals surface area contributed by atoms with Crippen LogP contribution in [0.2, 0.25) is 10.0 Å². The molecule has 1 saturated carbocycles. The van der Waals surface area contributed by atoms with Crippen molar-refractivity contribution in [2.45, 2.75) is 44.6 Å². The molecule has 42 heavy (non-hydrogen) atoms. The highest BCUT2D eigenvalue weighted by atomic mass is 35.5. The second-order valence-corrected chi connectivity index (χ2v) is 10.8. The minimum Gasteiger partial charge on any atom is -0.492 e. The summed E-state index contributed by atoms with van der Waals surface area (Å²) >= 11 is 12.9. The lowest BCUT2D eigenvalue weighted by Crippen LogP contribution is -2.36. The van der Waals surface area contributed by atoms with Crippen LogP contribution in [-0.4, -0.2) is 65.4 Å². The van der Waals surface area contributed by atoms with Crippen molar-refractivity contribution in [1.82, 2.24) is 15.2 Å². The van der Waals surface area contributed by atoms with E-state index in [2.05, 4.69) is 10.2 Å². The standard InChI is InChI=1S/C29H32Cl2FN3O2.CH2O3.ClH/c1-35(2)15-6-16-37-27-17-19(9-12-25(27)31)28-22(23-18-20(32)10-13-24(23)30)11-14-26(34-28)29(36)33-21-7-4-3-5-8-21;2-1(3)4;/h9-14,17-18,21H,3-8,15-16H2,1-2H3,(H,33,36);(H2,2,3,4);1H. The number of nitrogens with one attached hydrogen (secondary N) is 1. The average Bonchev–Trinajstić information content (AvgIpc) is 2.93. The normalized spacial score (nSPS) is 13.0. The number of hydrogen-bond donors (Lipinski definition) is 3. The van der Waals surface area contributed by atoms with Crippen LogP contribution in [0.3, 0.4) is 0 Å². The van der Waals surface area contributed by atoms with E-state index in [1.54, 1.807) is 24.3 Å². The van der Waals surface area contributed by atoms with Gasteiger partial charge in [0.1, 0.15) is 17.3 Å². The maximum absolute atomic E-state index is 14.2. The summed E-state index contributed by atoms with van der Waals surface area (Å²) in [6.45, 7) is 1.39. The summed E-state index contributed by atoms with van der Waals surface area (Å²) in [5.74, 6) is -0.113. The number of ether oxygens (including phenoxy) is 1. The van der Waals surface area contributed by atoms with Gasteiger partial charge in [-0.3, -0.25) is 4.79 Å². The van der Waals surface area contributed by atoms with E-state index in [0.717, 1.165) is 38.6 Å². The van der Waals surface area contributed by atoms with Crippen LogP contribution in [0, 0.1) is 5.82 Å². The minimum atomic E-state index is -1.83. The Labute approximate surface area is 261 Å². The summed E-state index contributed by atoms with van der Waals surface area (Å²) in [5.41, 5.74) is 2.58. The van der Waals surface area contributed by atoms with E-state index in [0.29, 0.717) is 50.5 Å². The summed E-state index contributed by atoms with van der Waals surface area (Å²) in [5, 5.41) is 17.9. The fourth-order valence-corrected chi connectivity index (χ4v) is 4.95. The second-order valence-electron chi connectivity index (χ2n) is 9.96. The van der Waals surface area contributed by atoms with Crippen molar-refractivity contribution < 1.29 is 28.9 Å². The molecule has 1 amide bonds. The van der Waals surface area contributed by atoms with Gasteiger partial charge in [0.25, 0.3) is 5.91 Å². The SMILES string of the molecule is CN(C)CCCOc1cc(-c2nc(C(=O)NC3CCCCC3)ccc2-c2cc(F)ccc2Cl)ccc1Cl.Cl.O=C(O)O. The van der Waals surface area contributed by atoms with E-state index >= 15 is 0 Å². The first-order valence-electron chi connectivity index (χ1n) is 13.3. The Morgan fingerprint density at radius 2 is 1.67 bits per heavy atom. The maximum atomic E-state index is 14.2. The van der Waals surface area contributed by atoms with E-state index in [-0.39, 0.29) is 24.4 Å². The first kappa shape index (κ1) is 35.1. The Bertz CT molecular complexity index is 1350. The van der Waals surface area contributed by atoms with E-state index < -0.39 is 12.0 Å². The van der Waals surface area contributed by atoms with Gasteiger partial charge in [-0.15, -0.1) is 12.4 Å². The fourth-order valence-electron chi connectivity index (χ4n) is 4.56. The van der Waals surface area contributed by atoms with Crippen LogP contribution in [0.1, 0.15) is 49.0 Å². The van der Waals surface area contributed by atoms with Gasteiger partial charge in [-0.2, -0.15) is 0 Å². The zero-order valence-electron chi connectivity index (χ0n) is 23.4. The summed E-state index contributed by atoms with van der Waals surface area (Å²) in [4.78, 5) is 28.5. The van der Waals surface area contributed by atoms with Crippen LogP contribution >= 0.6 is 35.6 Å². The van der Waals surface area contributed by atoms with Gasteiger partial charge >= 0.3 is 6.16 Å². The molecule has 0 aliphatic heterocycles. The quantitative estimate of drug-likeness (QED) is 0.204. The highest BCUT2D eigenvalue weighted by Crippen LogP contribution is 2.38. The monoisotopic (exact) mass is 641 g/mol. The number of pyridine rings is 1. The third kappa shape index (κ3) is 10.6. The largest absolute Gasteiger partial charge is 0.503 e. The lowest BCUT2D eigenvalue weighted by molar-refractivity contribution is 0.0922. The molecule has 3 N–H and O–H groups in total. The molecule has 0 spiro atoms. The van der Waals surface area contributed by atoms with Gasteiger partial charge in [0.15, 0.2) is 0 Å². The van der Waals surface area contributed by atoms with Gasteiger partial charge in [-0.05, 0) is 75.8 Å². The Balaban J connectivity index is 0.00000116. The van der Waals surface area contributed by atoms with Crippen molar-refractivity contribution in [3.8, 4) is 28.1 Å². The molecular weight excluding hydrogens is 608 g/mol. The lowest BCUT2D eigenvalue weighted by atomic mass is 9.95. The Morgan fingerprint density at radius 1 is 1.00 bits per heavy atom. The molecule has 1 aliphatic rings. The lowest BCUT2D eigenvalue weighted by Gasteiger charge is -2.22. The third-order valence-corrected chi connectivity index (χ3v) is 7.14. The number of carbonyl (C=O) groups is 2. The number of rotatable bonds is 9.